The number of unbranched alkanes of at least 4 members (excludes halogenated alkanes) is 35. The zero-order valence-electron chi connectivity index (χ0n) is 41.4. The third-order valence-corrected chi connectivity index (χ3v) is 12.8. The van der Waals surface area contributed by atoms with Crippen LogP contribution >= 0.6 is 0 Å². The summed E-state index contributed by atoms with van der Waals surface area (Å²) in [5.74, 6) is -0.595. The molecule has 366 valence electrons. The molecule has 0 bridgehead atoms. The van der Waals surface area contributed by atoms with E-state index in [0.717, 1.165) is 51.4 Å². The van der Waals surface area contributed by atoms with Gasteiger partial charge >= 0.3 is 0 Å². The molecule has 0 aromatic carbocycles. The van der Waals surface area contributed by atoms with Crippen molar-refractivity contribution in [2.45, 2.75) is 308 Å². The highest BCUT2D eigenvalue weighted by molar-refractivity contribution is 5.80. The van der Waals surface area contributed by atoms with Gasteiger partial charge in [-0.25, -0.2) is 0 Å². The third kappa shape index (κ3) is 43.8. The monoisotopic (exact) mass is 874 g/mol. The predicted octanol–water partition coefficient (Wildman–Crippen LogP) is 15.6. The highest BCUT2D eigenvalue weighted by Gasteiger charge is 2.28. The maximum atomic E-state index is 12.6. The number of carbonyl (C=O) groups excluding carboxylic acids is 1. The fourth-order valence-corrected chi connectivity index (χ4v) is 8.50. The smallest absolute Gasteiger partial charge is 0.249 e. The van der Waals surface area contributed by atoms with Gasteiger partial charge in [0.15, 0.2) is 0 Å². The van der Waals surface area contributed by atoms with Crippen LogP contribution in [0.5, 0.6) is 0 Å². The Morgan fingerprint density at radius 3 is 1.02 bits per heavy atom. The lowest BCUT2D eigenvalue weighted by Crippen LogP contribution is -2.53. The first-order chi connectivity index (χ1) is 30.5. The Morgan fingerprint density at radius 2 is 0.677 bits per heavy atom. The molecule has 6 heteroatoms. The van der Waals surface area contributed by atoms with Crippen molar-refractivity contribution < 1.29 is 25.2 Å². The molecule has 4 unspecified atom stereocenters. The molecule has 1 amide bonds. The Balaban J connectivity index is 3.66. The number of nitrogens with one attached hydrogen (secondary N) is 1. The Hall–Kier alpha value is -1.47. The van der Waals surface area contributed by atoms with E-state index in [-0.39, 0.29) is 0 Å². The van der Waals surface area contributed by atoms with E-state index < -0.39 is 36.9 Å². The second kappa shape index (κ2) is 50.5. The van der Waals surface area contributed by atoms with Crippen LogP contribution in [0.3, 0.4) is 0 Å². The molecule has 6 nitrogen and oxygen atoms in total. The van der Waals surface area contributed by atoms with E-state index in [4.69, 9.17) is 0 Å². The number of hydrogen-bond donors (Lipinski definition) is 5. The van der Waals surface area contributed by atoms with Gasteiger partial charge in [0.1, 0.15) is 12.2 Å². The van der Waals surface area contributed by atoms with Gasteiger partial charge in [-0.15, -0.1) is 0 Å². The second-order valence-electron chi connectivity index (χ2n) is 18.9. The zero-order chi connectivity index (χ0) is 45.2. The van der Waals surface area contributed by atoms with Crippen molar-refractivity contribution in [1.29, 1.82) is 0 Å². The van der Waals surface area contributed by atoms with Crippen molar-refractivity contribution in [1.82, 2.24) is 5.32 Å². The first-order valence-electron chi connectivity index (χ1n) is 27.4. The minimum Gasteiger partial charge on any atom is -0.394 e. The molecule has 0 aliphatic rings. The van der Waals surface area contributed by atoms with Gasteiger partial charge in [-0.2, -0.15) is 0 Å². The van der Waals surface area contributed by atoms with Gasteiger partial charge in [-0.1, -0.05) is 256 Å². The number of rotatable bonds is 50. The van der Waals surface area contributed by atoms with Crippen LogP contribution in [-0.2, 0) is 4.79 Å². The Bertz CT molecular complexity index is 981. The van der Waals surface area contributed by atoms with Crippen LogP contribution in [0.25, 0.3) is 0 Å². The lowest BCUT2D eigenvalue weighted by atomic mass is 10.00. The lowest BCUT2D eigenvalue weighted by molar-refractivity contribution is -0.132. The summed E-state index contributed by atoms with van der Waals surface area (Å²) in [5, 5.41) is 43.9. The summed E-state index contributed by atoms with van der Waals surface area (Å²) in [6.45, 7) is 4.05. The van der Waals surface area contributed by atoms with Gasteiger partial charge in [0.25, 0.3) is 0 Å². The minimum atomic E-state index is -1.29. The van der Waals surface area contributed by atoms with Crippen molar-refractivity contribution in [3.63, 3.8) is 0 Å². The molecule has 5 N–H and O–H groups in total. The molecule has 0 aromatic heterocycles. The molecule has 0 aliphatic carbocycles. The Morgan fingerprint density at radius 1 is 0.387 bits per heavy atom. The van der Waals surface area contributed by atoms with Crippen molar-refractivity contribution >= 4 is 5.91 Å². The summed E-state index contributed by atoms with van der Waals surface area (Å²) >= 11 is 0. The van der Waals surface area contributed by atoms with Crippen LogP contribution in [0, 0.1) is 0 Å². The predicted molar refractivity (Wildman–Crippen MR) is 270 cm³/mol. The van der Waals surface area contributed by atoms with Crippen LogP contribution in [0.1, 0.15) is 284 Å². The average Bonchev–Trinajstić information content (AvgIpc) is 3.28. The molecule has 0 rings (SSSR count). The summed E-state index contributed by atoms with van der Waals surface area (Å²) in [7, 11) is 0. The molecule has 0 radical (unpaired) electrons. The highest BCUT2D eigenvalue weighted by Crippen LogP contribution is 2.17. The lowest BCUT2D eigenvalue weighted by Gasteiger charge is -2.27. The Labute approximate surface area is 386 Å². The molecule has 0 fully saturated rings. The van der Waals surface area contributed by atoms with Gasteiger partial charge in [-0.3, -0.25) is 4.79 Å². The van der Waals surface area contributed by atoms with Crippen molar-refractivity contribution in [3.8, 4) is 0 Å². The van der Waals surface area contributed by atoms with E-state index in [1.807, 2.05) is 0 Å². The fraction of sp³-hybridized carbons (Fsp3) is 0.875. The summed E-state index contributed by atoms with van der Waals surface area (Å²) in [4.78, 5) is 12.6. The summed E-state index contributed by atoms with van der Waals surface area (Å²) in [6.07, 6.45) is 62.1. The summed E-state index contributed by atoms with van der Waals surface area (Å²) < 4.78 is 0. The quantitative estimate of drug-likeness (QED) is 0.0309. The number of hydrogen-bond acceptors (Lipinski definition) is 5. The first kappa shape index (κ1) is 60.5. The molecular formula is C56H107NO5. The largest absolute Gasteiger partial charge is 0.394 e. The summed E-state index contributed by atoms with van der Waals surface area (Å²) in [5.41, 5.74) is 0. The average molecular weight is 874 g/mol. The van der Waals surface area contributed by atoms with Gasteiger partial charge in [-0.05, 0) is 64.2 Å². The second-order valence-corrected chi connectivity index (χ2v) is 18.9. The topological polar surface area (TPSA) is 110 Å². The maximum absolute atomic E-state index is 12.6. The van der Waals surface area contributed by atoms with Crippen LogP contribution in [0.15, 0.2) is 36.5 Å². The van der Waals surface area contributed by atoms with Crippen LogP contribution in [0.4, 0.5) is 0 Å². The molecule has 0 spiro atoms. The maximum Gasteiger partial charge on any atom is 0.249 e. The van der Waals surface area contributed by atoms with E-state index in [1.165, 1.54) is 199 Å². The van der Waals surface area contributed by atoms with Crippen molar-refractivity contribution in [2.75, 3.05) is 6.61 Å². The first-order valence-corrected chi connectivity index (χ1v) is 27.4. The van der Waals surface area contributed by atoms with Gasteiger partial charge < -0.3 is 25.7 Å². The molecule has 0 saturated heterocycles. The molecule has 0 aromatic rings. The Kier molecular flexibility index (Phi) is 49.3. The number of carbonyl (C=O) groups is 1. The molecule has 4 atom stereocenters. The molecule has 0 aliphatic heterocycles. The molecular weight excluding hydrogens is 767 g/mol. The minimum absolute atomic E-state index is 0.362. The number of amides is 1. The van der Waals surface area contributed by atoms with Crippen molar-refractivity contribution in [2.24, 2.45) is 0 Å². The number of allylic oxidation sites excluding steroid dienone is 6. The van der Waals surface area contributed by atoms with E-state index in [9.17, 15) is 25.2 Å². The highest BCUT2D eigenvalue weighted by atomic mass is 16.3. The SMILES string of the molecule is CCCCCCCC/C=C/CC/C=C/CC/C=C/CCCC(O)C(O)C(CO)NC(=O)C(O)CCCCCCCCCCCCCCCCCCCCCCCCCCCCC. The van der Waals surface area contributed by atoms with E-state index in [1.54, 1.807) is 0 Å². The number of aliphatic hydroxyl groups excluding tert-OH is 4. The van der Waals surface area contributed by atoms with E-state index in [2.05, 4.69) is 55.6 Å². The van der Waals surface area contributed by atoms with Gasteiger partial charge in [0.2, 0.25) is 5.91 Å². The molecule has 62 heavy (non-hydrogen) atoms. The normalized spacial score (nSPS) is 14.1. The molecule has 0 heterocycles. The number of aliphatic hydroxyl groups is 4. The van der Waals surface area contributed by atoms with Crippen LogP contribution in [0.2, 0.25) is 0 Å². The zero-order valence-corrected chi connectivity index (χ0v) is 41.4. The van der Waals surface area contributed by atoms with Crippen molar-refractivity contribution in [3.05, 3.63) is 36.5 Å². The van der Waals surface area contributed by atoms with E-state index >= 15 is 0 Å². The van der Waals surface area contributed by atoms with Gasteiger partial charge in [0.05, 0.1) is 18.8 Å². The van der Waals surface area contributed by atoms with E-state index in [0.29, 0.717) is 19.3 Å². The van der Waals surface area contributed by atoms with Crippen LogP contribution in [-0.4, -0.2) is 57.3 Å². The van der Waals surface area contributed by atoms with Crippen LogP contribution < -0.4 is 5.32 Å². The summed E-state index contributed by atoms with van der Waals surface area (Å²) in [6, 6.07) is -1.01. The van der Waals surface area contributed by atoms with Gasteiger partial charge in [0, 0.05) is 0 Å². The standard InChI is InChI=1S/C56H107NO5/c1-3-5-7-9-11-13-15-17-19-21-23-24-25-26-27-28-29-30-32-34-36-38-40-42-44-46-48-50-54(60)56(62)57-52(51-58)55(61)53(59)49-47-45-43-41-39-37-35-33-31-22-20-18-16-14-12-10-8-6-4-2/h18,20,33,35,41,43,52-55,58-61H,3-17,19,21-32,34,36-40,42,44-51H2,1-2H3,(H,57,62)/b20-18+,35-33+,43-41+. The fourth-order valence-electron chi connectivity index (χ4n) is 8.50. The third-order valence-electron chi connectivity index (χ3n) is 12.8. The molecule has 0 saturated carbocycles.